The van der Waals surface area contributed by atoms with Crippen LogP contribution in [0.3, 0.4) is 0 Å². The van der Waals surface area contributed by atoms with Gasteiger partial charge < -0.3 is 5.32 Å². The van der Waals surface area contributed by atoms with E-state index in [1.165, 1.54) is 0 Å². The maximum absolute atomic E-state index is 12.3. The molecule has 2 aromatic carbocycles. The van der Waals surface area contributed by atoms with E-state index >= 15 is 0 Å². The normalized spacial score (nSPS) is 13.2. The van der Waals surface area contributed by atoms with Crippen LogP contribution in [0.1, 0.15) is 51.3 Å². The number of amides is 1. The zero-order valence-corrected chi connectivity index (χ0v) is 19.0. The molecular formula is C21H27BrN2O3S. The molecule has 0 saturated carbocycles. The summed E-state index contributed by atoms with van der Waals surface area (Å²) in [7, 11) is -3.55. The molecule has 2 rings (SSSR count). The highest BCUT2D eigenvalue weighted by molar-refractivity contribution is 9.10. The minimum atomic E-state index is -3.55. The highest BCUT2D eigenvalue weighted by Crippen LogP contribution is 2.17. The van der Waals surface area contributed by atoms with Gasteiger partial charge in [-0.1, -0.05) is 40.2 Å². The summed E-state index contributed by atoms with van der Waals surface area (Å²) < 4.78 is 28.3. The average Bonchev–Trinajstić information content (AvgIpc) is 2.59. The summed E-state index contributed by atoms with van der Waals surface area (Å²) in [6, 6.07) is 14.4. The van der Waals surface area contributed by atoms with Crippen molar-refractivity contribution in [3.63, 3.8) is 0 Å². The SMILES string of the molecule is C[C@@H](NC(=O)CCc1ccc(S(=O)(=O)NC(C)(C)C)cc1)c1ccc(Br)cc1. The molecule has 1 atom stereocenters. The minimum Gasteiger partial charge on any atom is -0.350 e. The van der Waals surface area contributed by atoms with Gasteiger partial charge in [-0.15, -0.1) is 0 Å². The standard InChI is InChI=1S/C21H27BrN2O3S/c1-15(17-8-10-18(22)11-9-17)23-20(25)14-7-16-5-12-19(13-6-16)28(26,27)24-21(2,3)4/h5-6,8-13,15,24H,7,14H2,1-4H3,(H,23,25)/t15-/m1/s1. The fourth-order valence-corrected chi connectivity index (χ4v) is 4.39. The molecule has 0 aliphatic heterocycles. The van der Waals surface area contributed by atoms with Gasteiger partial charge in [-0.2, -0.15) is 0 Å². The van der Waals surface area contributed by atoms with Crippen LogP contribution >= 0.6 is 15.9 Å². The molecule has 0 aliphatic rings. The smallest absolute Gasteiger partial charge is 0.241 e. The Bertz CT molecular complexity index is 902. The van der Waals surface area contributed by atoms with E-state index in [2.05, 4.69) is 26.0 Å². The van der Waals surface area contributed by atoms with Crippen LogP contribution < -0.4 is 10.0 Å². The Morgan fingerprint density at radius 1 is 1.04 bits per heavy atom. The molecule has 1 amide bonds. The van der Waals surface area contributed by atoms with Crippen LogP contribution in [0.15, 0.2) is 57.9 Å². The quantitative estimate of drug-likeness (QED) is 0.637. The number of benzene rings is 2. The molecule has 0 aliphatic carbocycles. The number of rotatable bonds is 7. The van der Waals surface area contributed by atoms with Crippen molar-refractivity contribution in [1.82, 2.24) is 10.0 Å². The molecule has 5 nitrogen and oxygen atoms in total. The molecule has 0 spiro atoms. The van der Waals surface area contributed by atoms with Crippen molar-refractivity contribution in [2.75, 3.05) is 0 Å². The molecule has 0 unspecified atom stereocenters. The number of carbonyl (C=O) groups is 1. The van der Waals surface area contributed by atoms with Gasteiger partial charge in [0.05, 0.1) is 10.9 Å². The van der Waals surface area contributed by atoms with Crippen LogP contribution in [0.2, 0.25) is 0 Å². The first kappa shape index (κ1) is 22.6. The van der Waals surface area contributed by atoms with Gasteiger partial charge in [0.2, 0.25) is 15.9 Å². The van der Waals surface area contributed by atoms with Crippen LogP contribution in [-0.4, -0.2) is 19.9 Å². The highest BCUT2D eigenvalue weighted by Gasteiger charge is 2.21. The third kappa shape index (κ3) is 7.04. The number of sulfonamides is 1. The van der Waals surface area contributed by atoms with E-state index in [0.717, 1.165) is 15.6 Å². The lowest BCUT2D eigenvalue weighted by Crippen LogP contribution is -2.40. The molecule has 0 saturated heterocycles. The molecule has 0 heterocycles. The number of hydrogen-bond donors (Lipinski definition) is 2. The maximum Gasteiger partial charge on any atom is 0.241 e. The topological polar surface area (TPSA) is 75.3 Å². The molecule has 0 radical (unpaired) electrons. The van der Waals surface area contributed by atoms with Crippen LogP contribution in [0.25, 0.3) is 0 Å². The Balaban J connectivity index is 1.90. The van der Waals surface area contributed by atoms with Crippen LogP contribution in [0.4, 0.5) is 0 Å². The number of aryl methyl sites for hydroxylation is 1. The number of nitrogens with one attached hydrogen (secondary N) is 2. The van der Waals surface area contributed by atoms with Crippen molar-refractivity contribution >= 4 is 31.9 Å². The van der Waals surface area contributed by atoms with E-state index in [1.807, 2.05) is 31.2 Å². The lowest BCUT2D eigenvalue weighted by Gasteiger charge is -2.20. The van der Waals surface area contributed by atoms with Crippen molar-refractivity contribution in [1.29, 1.82) is 0 Å². The van der Waals surface area contributed by atoms with Crippen LogP contribution in [0, 0.1) is 0 Å². The molecule has 0 fully saturated rings. The van der Waals surface area contributed by atoms with Crippen molar-refractivity contribution in [3.05, 3.63) is 64.1 Å². The fraction of sp³-hybridized carbons (Fsp3) is 0.381. The Morgan fingerprint density at radius 2 is 1.61 bits per heavy atom. The molecule has 0 bridgehead atoms. The van der Waals surface area contributed by atoms with Gasteiger partial charge in [0.1, 0.15) is 0 Å². The summed E-state index contributed by atoms with van der Waals surface area (Å²) in [6.07, 6.45) is 0.888. The van der Waals surface area contributed by atoms with E-state index in [1.54, 1.807) is 45.0 Å². The van der Waals surface area contributed by atoms with Crippen molar-refractivity contribution in [2.24, 2.45) is 0 Å². The Hall–Kier alpha value is -1.70. The average molecular weight is 467 g/mol. The van der Waals surface area contributed by atoms with Crippen LogP contribution in [-0.2, 0) is 21.2 Å². The maximum atomic E-state index is 12.3. The molecule has 7 heteroatoms. The lowest BCUT2D eigenvalue weighted by atomic mass is 10.1. The molecular weight excluding hydrogens is 440 g/mol. The monoisotopic (exact) mass is 466 g/mol. The van der Waals surface area contributed by atoms with E-state index in [0.29, 0.717) is 12.8 Å². The van der Waals surface area contributed by atoms with Crippen LogP contribution in [0.5, 0.6) is 0 Å². The minimum absolute atomic E-state index is 0.0403. The zero-order valence-electron chi connectivity index (χ0n) is 16.6. The molecule has 2 N–H and O–H groups in total. The first-order valence-corrected chi connectivity index (χ1v) is 11.4. The molecule has 2 aromatic rings. The summed E-state index contributed by atoms with van der Waals surface area (Å²) >= 11 is 3.40. The van der Waals surface area contributed by atoms with Gasteiger partial charge in [0, 0.05) is 16.4 Å². The lowest BCUT2D eigenvalue weighted by molar-refractivity contribution is -0.121. The zero-order chi connectivity index (χ0) is 20.9. The second kappa shape index (κ2) is 9.20. The Labute approximate surface area is 176 Å². The van der Waals surface area contributed by atoms with Crippen molar-refractivity contribution in [2.45, 2.75) is 57.0 Å². The number of halogens is 1. The van der Waals surface area contributed by atoms with Gasteiger partial charge in [0.15, 0.2) is 0 Å². The predicted molar refractivity (Wildman–Crippen MR) is 116 cm³/mol. The largest absolute Gasteiger partial charge is 0.350 e. The molecule has 152 valence electrons. The first-order chi connectivity index (χ1) is 13.0. The van der Waals surface area contributed by atoms with E-state index < -0.39 is 15.6 Å². The van der Waals surface area contributed by atoms with Gasteiger partial charge in [-0.3, -0.25) is 4.79 Å². The Kier molecular flexibility index (Phi) is 7.42. The summed E-state index contributed by atoms with van der Waals surface area (Å²) in [5, 5.41) is 2.99. The van der Waals surface area contributed by atoms with E-state index in [4.69, 9.17) is 0 Å². The van der Waals surface area contributed by atoms with Gasteiger partial charge in [-0.25, -0.2) is 13.1 Å². The number of hydrogen-bond acceptors (Lipinski definition) is 3. The second-order valence-electron chi connectivity index (χ2n) is 7.84. The van der Waals surface area contributed by atoms with Crippen molar-refractivity contribution < 1.29 is 13.2 Å². The van der Waals surface area contributed by atoms with E-state index in [-0.39, 0.29) is 16.8 Å². The first-order valence-electron chi connectivity index (χ1n) is 9.14. The molecule has 0 aromatic heterocycles. The third-order valence-electron chi connectivity index (χ3n) is 4.06. The molecule has 28 heavy (non-hydrogen) atoms. The fourth-order valence-electron chi connectivity index (χ4n) is 2.70. The summed E-state index contributed by atoms with van der Waals surface area (Å²) in [6.45, 7) is 7.34. The van der Waals surface area contributed by atoms with Gasteiger partial charge in [0.25, 0.3) is 0 Å². The van der Waals surface area contributed by atoms with Gasteiger partial charge in [-0.05, 0) is 69.5 Å². The third-order valence-corrected chi connectivity index (χ3v) is 6.36. The second-order valence-corrected chi connectivity index (χ2v) is 10.4. The highest BCUT2D eigenvalue weighted by atomic mass is 79.9. The van der Waals surface area contributed by atoms with Crippen molar-refractivity contribution in [3.8, 4) is 0 Å². The summed E-state index contributed by atoms with van der Waals surface area (Å²) in [4.78, 5) is 12.4. The van der Waals surface area contributed by atoms with Gasteiger partial charge >= 0.3 is 0 Å². The Morgan fingerprint density at radius 3 is 2.14 bits per heavy atom. The predicted octanol–water partition coefficient (Wildman–Crippen LogP) is 4.34. The number of carbonyl (C=O) groups excluding carboxylic acids is 1. The summed E-state index contributed by atoms with van der Waals surface area (Å²) in [5.74, 6) is -0.0403. The summed E-state index contributed by atoms with van der Waals surface area (Å²) in [5.41, 5.74) is 1.42. The van der Waals surface area contributed by atoms with E-state index in [9.17, 15) is 13.2 Å².